The van der Waals surface area contributed by atoms with E-state index < -0.39 is 0 Å². The van der Waals surface area contributed by atoms with Crippen molar-refractivity contribution >= 4 is 23.4 Å². The Hall–Kier alpha value is -1.13. The van der Waals surface area contributed by atoms with E-state index in [4.69, 9.17) is 0 Å². The fourth-order valence-electron chi connectivity index (χ4n) is 3.08. The molecule has 0 amide bonds. The van der Waals surface area contributed by atoms with Gasteiger partial charge in [-0.2, -0.15) is 0 Å². The highest BCUT2D eigenvalue weighted by molar-refractivity contribution is 7.12. The molecule has 0 spiro atoms. The number of esters is 1. The van der Waals surface area contributed by atoms with E-state index in [0.29, 0.717) is 6.42 Å². The lowest BCUT2D eigenvalue weighted by Gasteiger charge is -2.03. The van der Waals surface area contributed by atoms with Gasteiger partial charge in [0, 0.05) is 16.2 Å². The first kappa shape index (κ1) is 23.9. The Kier molecular flexibility index (Phi) is 14.1. The first-order chi connectivity index (χ1) is 13.2. The summed E-state index contributed by atoms with van der Waals surface area (Å²) in [6.07, 6.45) is 18.1. The number of rotatable bonds is 16. The van der Waals surface area contributed by atoms with Crippen LogP contribution >= 0.6 is 11.3 Å². The fraction of sp³-hybridized carbons (Fsp3) is 0.696. The molecule has 154 valence electrons. The number of hydrogen-bond acceptors (Lipinski definition) is 4. The molecule has 0 bridgehead atoms. The van der Waals surface area contributed by atoms with Crippen molar-refractivity contribution < 1.29 is 14.6 Å². The number of unbranched alkanes of at least 4 members (excludes halogenated alkanes) is 8. The second-order valence-electron chi connectivity index (χ2n) is 7.28. The van der Waals surface area contributed by atoms with E-state index in [1.54, 1.807) is 0 Å². The van der Waals surface area contributed by atoms with E-state index in [9.17, 15) is 9.90 Å². The summed E-state index contributed by atoms with van der Waals surface area (Å²) in [5.41, 5.74) is 0. The Balaban J connectivity index is 2.06. The first-order valence-corrected chi connectivity index (χ1v) is 11.5. The maximum Gasteiger partial charge on any atom is 0.305 e. The number of hydrogen-bond donors (Lipinski definition) is 1. The third kappa shape index (κ3) is 12.8. The molecule has 0 radical (unpaired) electrons. The van der Waals surface area contributed by atoms with Crippen LogP contribution in [0.2, 0.25) is 0 Å². The molecule has 1 heterocycles. The highest BCUT2D eigenvalue weighted by Crippen LogP contribution is 2.21. The second kappa shape index (κ2) is 15.9. The van der Waals surface area contributed by atoms with Gasteiger partial charge in [0.05, 0.1) is 13.2 Å². The average molecular weight is 395 g/mol. The Bertz CT molecular complexity index is 521. The van der Waals surface area contributed by atoms with Crippen molar-refractivity contribution in [2.24, 2.45) is 0 Å². The van der Waals surface area contributed by atoms with Crippen molar-refractivity contribution in [3.05, 3.63) is 28.0 Å². The summed E-state index contributed by atoms with van der Waals surface area (Å²) in [7, 11) is 1.45. The standard InChI is InChI=1S/C23H38O3S/c1-3-4-10-13-20(24)16-17-22-19-18-21(27-22)14-11-8-6-5-7-9-12-15-23(25)26-2/h16-20,24H,3-15H2,1-2H3/b17-16+. The number of aryl methyl sites for hydroxylation is 1. The molecule has 1 aromatic rings. The van der Waals surface area contributed by atoms with E-state index >= 15 is 0 Å². The molecule has 0 aromatic carbocycles. The van der Waals surface area contributed by atoms with Gasteiger partial charge in [0.2, 0.25) is 0 Å². The minimum atomic E-state index is -0.310. The molecule has 0 aliphatic rings. The molecule has 0 aliphatic heterocycles. The fourth-order valence-corrected chi connectivity index (χ4v) is 4.05. The monoisotopic (exact) mass is 394 g/mol. The molecule has 1 N–H and O–H groups in total. The Morgan fingerprint density at radius 2 is 1.78 bits per heavy atom. The number of carbonyl (C=O) groups is 1. The van der Waals surface area contributed by atoms with E-state index in [1.807, 2.05) is 17.4 Å². The van der Waals surface area contributed by atoms with Gasteiger partial charge in [-0.1, -0.05) is 64.4 Å². The molecule has 1 atom stereocenters. The lowest BCUT2D eigenvalue weighted by Crippen LogP contribution is -2.00. The van der Waals surface area contributed by atoms with E-state index in [2.05, 4.69) is 29.9 Å². The zero-order chi connectivity index (χ0) is 19.7. The molecular formula is C23H38O3S. The van der Waals surface area contributed by atoms with Crippen molar-refractivity contribution in [2.45, 2.75) is 96.5 Å². The summed E-state index contributed by atoms with van der Waals surface area (Å²) in [5.74, 6) is -0.0915. The van der Waals surface area contributed by atoms with Crippen LogP contribution < -0.4 is 0 Å². The molecular weight excluding hydrogens is 356 g/mol. The van der Waals surface area contributed by atoms with Gasteiger partial charge in [0.25, 0.3) is 0 Å². The van der Waals surface area contributed by atoms with Crippen LogP contribution in [-0.4, -0.2) is 24.3 Å². The van der Waals surface area contributed by atoms with E-state index in [1.165, 1.54) is 61.8 Å². The van der Waals surface area contributed by atoms with Gasteiger partial charge in [0.15, 0.2) is 0 Å². The zero-order valence-electron chi connectivity index (χ0n) is 17.3. The Labute approximate surface area is 169 Å². The molecule has 0 saturated carbocycles. The molecule has 3 nitrogen and oxygen atoms in total. The molecule has 0 fully saturated rings. The highest BCUT2D eigenvalue weighted by Gasteiger charge is 2.02. The number of ether oxygens (including phenoxy) is 1. The van der Waals surface area contributed by atoms with Crippen LogP contribution in [0.1, 0.15) is 93.7 Å². The van der Waals surface area contributed by atoms with Crippen LogP contribution in [0.4, 0.5) is 0 Å². The van der Waals surface area contributed by atoms with Crippen molar-refractivity contribution in [1.82, 2.24) is 0 Å². The molecule has 1 unspecified atom stereocenters. The summed E-state index contributed by atoms with van der Waals surface area (Å²) in [6, 6.07) is 4.39. The molecule has 0 aliphatic carbocycles. The van der Waals surface area contributed by atoms with Crippen molar-refractivity contribution in [1.29, 1.82) is 0 Å². The van der Waals surface area contributed by atoms with Crippen LogP contribution in [0.5, 0.6) is 0 Å². The lowest BCUT2D eigenvalue weighted by atomic mass is 10.1. The number of aliphatic hydroxyl groups excluding tert-OH is 1. The number of carbonyl (C=O) groups excluding carboxylic acids is 1. The van der Waals surface area contributed by atoms with Crippen LogP contribution in [0.25, 0.3) is 6.08 Å². The summed E-state index contributed by atoms with van der Waals surface area (Å²) in [4.78, 5) is 13.7. The predicted molar refractivity (Wildman–Crippen MR) is 116 cm³/mol. The summed E-state index contributed by atoms with van der Waals surface area (Å²) in [5, 5.41) is 9.96. The third-order valence-corrected chi connectivity index (χ3v) is 5.91. The summed E-state index contributed by atoms with van der Waals surface area (Å²) < 4.78 is 4.65. The van der Waals surface area contributed by atoms with Crippen LogP contribution in [0.3, 0.4) is 0 Å². The molecule has 27 heavy (non-hydrogen) atoms. The van der Waals surface area contributed by atoms with Crippen LogP contribution in [0.15, 0.2) is 18.2 Å². The maximum absolute atomic E-state index is 11.0. The summed E-state index contributed by atoms with van der Waals surface area (Å²) >= 11 is 1.84. The van der Waals surface area contributed by atoms with E-state index in [-0.39, 0.29) is 12.1 Å². The highest BCUT2D eigenvalue weighted by atomic mass is 32.1. The third-order valence-electron chi connectivity index (χ3n) is 4.80. The van der Waals surface area contributed by atoms with Crippen molar-refractivity contribution in [3.63, 3.8) is 0 Å². The molecule has 0 saturated heterocycles. The van der Waals surface area contributed by atoms with Gasteiger partial charge in [0.1, 0.15) is 0 Å². The second-order valence-corrected chi connectivity index (χ2v) is 8.48. The zero-order valence-corrected chi connectivity index (χ0v) is 18.1. The topological polar surface area (TPSA) is 46.5 Å². The number of aliphatic hydroxyl groups is 1. The molecule has 4 heteroatoms. The minimum Gasteiger partial charge on any atom is -0.469 e. The van der Waals surface area contributed by atoms with Gasteiger partial charge in [-0.15, -0.1) is 11.3 Å². The Morgan fingerprint density at radius 1 is 1.07 bits per heavy atom. The molecule has 1 aromatic heterocycles. The Morgan fingerprint density at radius 3 is 2.48 bits per heavy atom. The van der Waals surface area contributed by atoms with Crippen LogP contribution in [-0.2, 0) is 16.0 Å². The summed E-state index contributed by atoms with van der Waals surface area (Å²) in [6.45, 7) is 2.18. The number of methoxy groups -OCH3 is 1. The van der Waals surface area contributed by atoms with Gasteiger partial charge >= 0.3 is 5.97 Å². The van der Waals surface area contributed by atoms with Crippen molar-refractivity contribution in [3.8, 4) is 0 Å². The largest absolute Gasteiger partial charge is 0.469 e. The predicted octanol–water partition coefficient (Wildman–Crippen LogP) is 6.54. The van der Waals surface area contributed by atoms with Gasteiger partial charge in [-0.3, -0.25) is 4.79 Å². The normalized spacial score (nSPS) is 12.6. The SMILES string of the molecule is CCCCCC(O)/C=C/c1ccc(CCCCCCCCCC(=O)OC)s1. The molecule has 1 rings (SSSR count). The average Bonchev–Trinajstić information content (AvgIpc) is 3.12. The van der Waals surface area contributed by atoms with Gasteiger partial charge in [-0.05, 0) is 43.9 Å². The van der Waals surface area contributed by atoms with Crippen molar-refractivity contribution in [2.75, 3.05) is 7.11 Å². The van der Waals surface area contributed by atoms with Crippen LogP contribution in [0, 0.1) is 0 Å². The quantitative estimate of drug-likeness (QED) is 0.256. The van der Waals surface area contributed by atoms with Gasteiger partial charge in [-0.25, -0.2) is 0 Å². The smallest absolute Gasteiger partial charge is 0.305 e. The van der Waals surface area contributed by atoms with Gasteiger partial charge < -0.3 is 9.84 Å². The van der Waals surface area contributed by atoms with E-state index in [0.717, 1.165) is 32.1 Å². The lowest BCUT2D eigenvalue weighted by molar-refractivity contribution is -0.140. The minimum absolute atomic E-state index is 0.0915. The number of thiophene rings is 1. The maximum atomic E-state index is 11.0. The first-order valence-electron chi connectivity index (χ1n) is 10.7.